The van der Waals surface area contributed by atoms with E-state index in [1.165, 1.54) is 0 Å². The summed E-state index contributed by atoms with van der Waals surface area (Å²) in [6, 6.07) is 8.96. The average molecular weight is 391 g/mol. The smallest absolute Gasteiger partial charge is 0.315 e. The van der Waals surface area contributed by atoms with Gasteiger partial charge in [-0.15, -0.1) is 0 Å². The van der Waals surface area contributed by atoms with Crippen LogP contribution in [0.15, 0.2) is 47.5 Å². The number of carbonyl (C=O) groups excluding carboxylic acids is 1. The molecular formula is C20H21N7O2. The Bertz CT molecular complexity index is 1220. The number of urea groups is 1. The number of rotatable bonds is 5. The number of carbonyl (C=O) groups is 1. The monoisotopic (exact) mass is 391 g/mol. The van der Waals surface area contributed by atoms with Gasteiger partial charge in [0.1, 0.15) is 11.3 Å². The molecule has 0 saturated carbocycles. The SMILES string of the molecule is CCNC(=O)NCc1nc2c(-n3cccn3)cc(-c3cc(C)[nH]c(=O)c3)cc2[nH]1. The van der Waals surface area contributed by atoms with Crippen molar-refractivity contribution in [3.63, 3.8) is 0 Å². The molecule has 1 aromatic carbocycles. The third-order valence-electron chi connectivity index (χ3n) is 4.43. The molecule has 3 aromatic heterocycles. The van der Waals surface area contributed by atoms with E-state index in [0.29, 0.717) is 12.4 Å². The Labute approximate surface area is 166 Å². The predicted molar refractivity (Wildman–Crippen MR) is 110 cm³/mol. The molecule has 4 aromatic rings. The number of fused-ring (bicyclic) bond motifs is 1. The molecule has 0 fully saturated rings. The highest BCUT2D eigenvalue weighted by Crippen LogP contribution is 2.28. The Morgan fingerprint density at radius 1 is 1.14 bits per heavy atom. The predicted octanol–water partition coefficient (Wildman–Crippen LogP) is 2.23. The van der Waals surface area contributed by atoms with Crippen LogP contribution in [0, 0.1) is 6.92 Å². The molecule has 2 amide bonds. The Morgan fingerprint density at radius 3 is 2.69 bits per heavy atom. The maximum absolute atomic E-state index is 11.9. The summed E-state index contributed by atoms with van der Waals surface area (Å²) in [7, 11) is 0. The van der Waals surface area contributed by atoms with E-state index in [1.54, 1.807) is 16.9 Å². The van der Waals surface area contributed by atoms with Gasteiger partial charge < -0.3 is 20.6 Å². The van der Waals surface area contributed by atoms with Crippen LogP contribution in [0.5, 0.6) is 0 Å². The Morgan fingerprint density at radius 2 is 1.97 bits per heavy atom. The lowest BCUT2D eigenvalue weighted by molar-refractivity contribution is 0.241. The summed E-state index contributed by atoms with van der Waals surface area (Å²) in [4.78, 5) is 34.3. The average Bonchev–Trinajstić information content (AvgIpc) is 3.34. The first kappa shape index (κ1) is 18.5. The van der Waals surface area contributed by atoms with Crippen LogP contribution in [-0.4, -0.2) is 37.3 Å². The number of pyridine rings is 1. The van der Waals surface area contributed by atoms with Gasteiger partial charge in [0.2, 0.25) is 5.56 Å². The summed E-state index contributed by atoms with van der Waals surface area (Å²) in [6.07, 6.45) is 3.53. The number of aryl methyl sites for hydroxylation is 1. The zero-order valence-corrected chi connectivity index (χ0v) is 16.1. The highest BCUT2D eigenvalue weighted by atomic mass is 16.2. The van der Waals surface area contributed by atoms with Crippen molar-refractivity contribution in [3.05, 3.63) is 64.6 Å². The van der Waals surface area contributed by atoms with Gasteiger partial charge in [-0.1, -0.05) is 0 Å². The Balaban J connectivity index is 1.80. The second kappa shape index (κ2) is 7.63. The van der Waals surface area contributed by atoms with E-state index >= 15 is 0 Å². The second-order valence-electron chi connectivity index (χ2n) is 6.65. The van der Waals surface area contributed by atoms with Crippen LogP contribution < -0.4 is 16.2 Å². The third-order valence-corrected chi connectivity index (χ3v) is 4.43. The van der Waals surface area contributed by atoms with E-state index in [1.807, 2.05) is 44.3 Å². The van der Waals surface area contributed by atoms with Crippen molar-refractivity contribution in [2.24, 2.45) is 0 Å². The Hall–Kier alpha value is -3.88. The molecule has 4 N–H and O–H groups in total. The van der Waals surface area contributed by atoms with Crippen molar-refractivity contribution in [2.75, 3.05) is 6.54 Å². The maximum Gasteiger partial charge on any atom is 0.315 e. The molecule has 0 unspecified atom stereocenters. The van der Waals surface area contributed by atoms with Crippen LogP contribution in [0.3, 0.4) is 0 Å². The van der Waals surface area contributed by atoms with Crippen LogP contribution >= 0.6 is 0 Å². The maximum atomic E-state index is 11.9. The number of aromatic nitrogens is 5. The van der Waals surface area contributed by atoms with Gasteiger partial charge in [0.25, 0.3) is 0 Å². The molecule has 0 aliphatic rings. The summed E-state index contributed by atoms with van der Waals surface area (Å²) >= 11 is 0. The summed E-state index contributed by atoms with van der Waals surface area (Å²) < 4.78 is 1.73. The Kier molecular flexibility index (Phi) is 4.86. The molecule has 0 spiro atoms. The van der Waals surface area contributed by atoms with Gasteiger partial charge in [-0.3, -0.25) is 4.79 Å². The normalized spacial score (nSPS) is 11.0. The zero-order valence-electron chi connectivity index (χ0n) is 16.1. The fraction of sp³-hybridized carbons (Fsp3) is 0.200. The van der Waals surface area contributed by atoms with Crippen molar-refractivity contribution in [1.29, 1.82) is 0 Å². The minimum Gasteiger partial charge on any atom is -0.340 e. The number of aromatic amines is 2. The molecule has 0 radical (unpaired) electrons. The highest BCUT2D eigenvalue weighted by Gasteiger charge is 2.14. The molecule has 3 heterocycles. The van der Waals surface area contributed by atoms with Crippen LogP contribution in [-0.2, 0) is 6.54 Å². The fourth-order valence-corrected chi connectivity index (χ4v) is 3.22. The van der Waals surface area contributed by atoms with Crippen molar-refractivity contribution in [1.82, 2.24) is 35.4 Å². The number of nitrogens with one attached hydrogen (secondary N) is 4. The molecule has 9 nitrogen and oxygen atoms in total. The number of H-pyrrole nitrogens is 2. The molecule has 0 saturated heterocycles. The topological polar surface area (TPSA) is 120 Å². The first-order valence-electron chi connectivity index (χ1n) is 9.29. The molecule has 148 valence electrons. The molecule has 0 atom stereocenters. The molecular weight excluding hydrogens is 370 g/mol. The minimum absolute atomic E-state index is 0.155. The number of hydrogen-bond acceptors (Lipinski definition) is 4. The van der Waals surface area contributed by atoms with E-state index in [9.17, 15) is 9.59 Å². The first-order valence-corrected chi connectivity index (χ1v) is 9.29. The van der Waals surface area contributed by atoms with Crippen molar-refractivity contribution >= 4 is 17.1 Å². The molecule has 0 aliphatic carbocycles. The first-order chi connectivity index (χ1) is 14.0. The van der Waals surface area contributed by atoms with Crippen molar-refractivity contribution in [2.45, 2.75) is 20.4 Å². The lowest BCUT2D eigenvalue weighted by Gasteiger charge is -2.08. The van der Waals surface area contributed by atoms with E-state index < -0.39 is 0 Å². The van der Waals surface area contributed by atoms with E-state index in [0.717, 1.165) is 33.5 Å². The zero-order chi connectivity index (χ0) is 20.4. The minimum atomic E-state index is -0.250. The number of benzene rings is 1. The van der Waals surface area contributed by atoms with Gasteiger partial charge in [0.05, 0.1) is 17.7 Å². The van der Waals surface area contributed by atoms with E-state index in [2.05, 4.69) is 30.7 Å². The van der Waals surface area contributed by atoms with Gasteiger partial charge in [0, 0.05) is 30.7 Å². The number of nitrogens with zero attached hydrogens (tertiary/aromatic N) is 3. The van der Waals surface area contributed by atoms with Gasteiger partial charge >= 0.3 is 6.03 Å². The molecule has 0 aliphatic heterocycles. The van der Waals surface area contributed by atoms with Crippen molar-refractivity contribution < 1.29 is 4.79 Å². The lowest BCUT2D eigenvalue weighted by Crippen LogP contribution is -2.34. The summed E-state index contributed by atoms with van der Waals surface area (Å²) in [5, 5.41) is 9.78. The quantitative estimate of drug-likeness (QED) is 0.417. The van der Waals surface area contributed by atoms with E-state index in [-0.39, 0.29) is 18.1 Å². The van der Waals surface area contributed by atoms with Gasteiger partial charge in [-0.2, -0.15) is 5.10 Å². The molecule has 29 heavy (non-hydrogen) atoms. The fourth-order valence-electron chi connectivity index (χ4n) is 3.22. The standard InChI is InChI=1S/C20H21N7O2/c1-3-21-20(29)22-11-17-25-15-8-14(13-7-12(2)24-18(28)10-13)9-16(19(15)26-17)27-6-4-5-23-27/h4-10H,3,11H2,1-2H3,(H,24,28)(H,25,26)(H2,21,22,29). The van der Waals surface area contributed by atoms with Crippen molar-refractivity contribution in [3.8, 4) is 16.8 Å². The van der Waals surface area contributed by atoms with Crippen LogP contribution in [0.25, 0.3) is 27.8 Å². The highest BCUT2D eigenvalue weighted by molar-refractivity contribution is 5.89. The molecule has 9 heteroatoms. The number of amides is 2. The van der Waals surface area contributed by atoms with Gasteiger partial charge in [0.15, 0.2) is 0 Å². The molecule has 4 rings (SSSR count). The van der Waals surface area contributed by atoms with Gasteiger partial charge in [-0.05, 0) is 49.2 Å². The van der Waals surface area contributed by atoms with Gasteiger partial charge in [-0.25, -0.2) is 14.5 Å². The van der Waals surface area contributed by atoms with E-state index in [4.69, 9.17) is 0 Å². The summed E-state index contributed by atoms with van der Waals surface area (Å²) in [5.74, 6) is 0.624. The third kappa shape index (κ3) is 3.88. The number of hydrogen-bond donors (Lipinski definition) is 4. The summed E-state index contributed by atoms with van der Waals surface area (Å²) in [5.41, 5.74) is 4.59. The lowest BCUT2D eigenvalue weighted by atomic mass is 10.0. The van der Waals surface area contributed by atoms with Crippen LogP contribution in [0.4, 0.5) is 4.79 Å². The summed E-state index contributed by atoms with van der Waals surface area (Å²) in [6.45, 7) is 4.51. The number of imidazole rings is 1. The van der Waals surface area contributed by atoms with Crippen LogP contribution in [0.2, 0.25) is 0 Å². The second-order valence-corrected chi connectivity index (χ2v) is 6.65. The largest absolute Gasteiger partial charge is 0.340 e. The molecule has 0 bridgehead atoms. The van der Waals surface area contributed by atoms with Crippen LogP contribution in [0.1, 0.15) is 18.4 Å².